The predicted octanol–water partition coefficient (Wildman–Crippen LogP) is 2.14. The fourth-order valence-corrected chi connectivity index (χ4v) is 2.26. The fourth-order valence-electron chi connectivity index (χ4n) is 2.26. The van der Waals surface area contributed by atoms with Crippen molar-refractivity contribution >= 4 is 23.1 Å². The maximum atomic E-state index is 12.6. The Kier molecular flexibility index (Phi) is 3.10. The van der Waals surface area contributed by atoms with E-state index in [9.17, 15) is 9.59 Å². The first kappa shape index (κ1) is 13.2. The summed E-state index contributed by atoms with van der Waals surface area (Å²) in [7, 11) is 0. The Hall–Kier alpha value is -2.82. The maximum Gasteiger partial charge on any atom is 0.262 e. The topological polar surface area (TPSA) is 81.4 Å². The molecule has 21 heavy (non-hydrogen) atoms. The molecule has 1 heterocycles. The molecule has 0 spiro atoms. The summed E-state index contributed by atoms with van der Waals surface area (Å²) in [5.74, 6) is 0.143. The first-order chi connectivity index (χ1) is 10.1. The lowest BCUT2D eigenvalue weighted by atomic mass is 9.99. The normalized spacial score (nSPS) is 13.1. The van der Waals surface area contributed by atoms with E-state index in [2.05, 4.69) is 5.32 Å². The predicted molar refractivity (Wildman–Crippen MR) is 79.6 cm³/mol. The number of nitrogens with one attached hydrogen (secondary N) is 1. The van der Waals surface area contributed by atoms with E-state index in [1.54, 1.807) is 30.3 Å². The van der Waals surface area contributed by atoms with Crippen molar-refractivity contribution in [3.05, 3.63) is 53.1 Å². The van der Waals surface area contributed by atoms with Crippen LogP contribution in [-0.2, 0) is 4.79 Å². The van der Waals surface area contributed by atoms with Gasteiger partial charge in [0.25, 0.3) is 5.91 Å². The number of para-hydroxylation sites is 1. The van der Waals surface area contributed by atoms with Gasteiger partial charge >= 0.3 is 0 Å². The number of benzene rings is 2. The number of anilines is 2. The fraction of sp³-hybridized carbons (Fsp3) is 0.125. The van der Waals surface area contributed by atoms with Gasteiger partial charge in [0.2, 0.25) is 0 Å². The molecular weight excluding hydrogens is 268 g/mol. The number of nitrogens with two attached hydrogens (primary N) is 1. The lowest BCUT2D eigenvalue weighted by molar-refractivity contribution is -0.118. The summed E-state index contributed by atoms with van der Waals surface area (Å²) in [6.07, 6.45) is 0. The summed E-state index contributed by atoms with van der Waals surface area (Å²) in [4.78, 5) is 23.9. The van der Waals surface area contributed by atoms with Crippen molar-refractivity contribution in [2.24, 2.45) is 0 Å². The van der Waals surface area contributed by atoms with Crippen LogP contribution in [0.15, 0.2) is 36.4 Å². The first-order valence-electron chi connectivity index (χ1n) is 6.53. The largest absolute Gasteiger partial charge is 0.482 e. The number of rotatable bonds is 2. The highest BCUT2D eigenvalue weighted by molar-refractivity contribution is 6.13. The van der Waals surface area contributed by atoms with Gasteiger partial charge in [-0.1, -0.05) is 12.1 Å². The summed E-state index contributed by atoms with van der Waals surface area (Å²) in [5.41, 5.74) is 8.71. The van der Waals surface area contributed by atoms with Gasteiger partial charge in [-0.15, -0.1) is 0 Å². The van der Waals surface area contributed by atoms with Gasteiger partial charge in [0, 0.05) is 16.8 Å². The van der Waals surface area contributed by atoms with E-state index in [1.165, 1.54) is 0 Å². The molecule has 2 aromatic carbocycles. The summed E-state index contributed by atoms with van der Waals surface area (Å²) < 4.78 is 5.27. The lowest BCUT2D eigenvalue weighted by Gasteiger charge is -2.18. The van der Waals surface area contributed by atoms with Crippen molar-refractivity contribution in [2.45, 2.75) is 6.92 Å². The van der Waals surface area contributed by atoms with E-state index in [0.29, 0.717) is 28.3 Å². The van der Waals surface area contributed by atoms with Crippen molar-refractivity contribution in [2.75, 3.05) is 17.7 Å². The molecule has 0 saturated carbocycles. The Bertz CT molecular complexity index is 753. The molecular formula is C16H14N2O3. The third kappa shape index (κ3) is 2.33. The Morgan fingerprint density at radius 1 is 1.29 bits per heavy atom. The third-order valence-corrected chi connectivity index (χ3v) is 3.44. The minimum absolute atomic E-state index is 0.00881. The second-order valence-corrected chi connectivity index (χ2v) is 4.91. The van der Waals surface area contributed by atoms with Crippen molar-refractivity contribution in [1.82, 2.24) is 0 Å². The van der Waals surface area contributed by atoms with Crippen LogP contribution in [0.2, 0.25) is 0 Å². The first-order valence-corrected chi connectivity index (χ1v) is 6.53. The van der Waals surface area contributed by atoms with E-state index in [1.807, 2.05) is 13.0 Å². The van der Waals surface area contributed by atoms with Gasteiger partial charge in [0.15, 0.2) is 12.4 Å². The zero-order chi connectivity index (χ0) is 15.0. The molecule has 0 atom stereocenters. The van der Waals surface area contributed by atoms with Gasteiger partial charge in [-0.25, -0.2) is 0 Å². The molecule has 3 N–H and O–H groups in total. The molecule has 5 heteroatoms. The van der Waals surface area contributed by atoms with Crippen LogP contribution < -0.4 is 15.8 Å². The molecule has 1 amide bonds. The molecule has 106 valence electrons. The number of hydrogen-bond donors (Lipinski definition) is 2. The molecule has 0 saturated heterocycles. The molecule has 0 radical (unpaired) electrons. The van der Waals surface area contributed by atoms with Crippen LogP contribution in [0.5, 0.6) is 5.75 Å². The summed E-state index contributed by atoms with van der Waals surface area (Å²) >= 11 is 0. The zero-order valence-electron chi connectivity index (χ0n) is 11.5. The summed E-state index contributed by atoms with van der Waals surface area (Å²) in [6, 6.07) is 10.3. The van der Waals surface area contributed by atoms with Gasteiger partial charge in [0.05, 0.1) is 5.69 Å². The van der Waals surface area contributed by atoms with Crippen LogP contribution >= 0.6 is 0 Å². The summed E-state index contributed by atoms with van der Waals surface area (Å²) in [5, 5.41) is 2.69. The standard InChI is InChI=1S/C16H14N2O3/c1-9-3-2-4-11(15(9)17)16(20)10-5-6-13-12(7-10)18-14(19)8-21-13/h2-7H,8,17H2,1H3,(H,18,19). The second kappa shape index (κ2) is 4.94. The number of hydrogen-bond acceptors (Lipinski definition) is 4. The monoisotopic (exact) mass is 282 g/mol. The Morgan fingerprint density at radius 3 is 2.90 bits per heavy atom. The highest BCUT2D eigenvalue weighted by atomic mass is 16.5. The van der Waals surface area contributed by atoms with E-state index >= 15 is 0 Å². The van der Waals surface area contributed by atoms with E-state index < -0.39 is 0 Å². The molecule has 0 unspecified atom stereocenters. The van der Waals surface area contributed by atoms with Gasteiger partial charge in [0.1, 0.15) is 5.75 Å². The third-order valence-electron chi connectivity index (χ3n) is 3.44. The van der Waals surface area contributed by atoms with E-state index in [0.717, 1.165) is 5.56 Å². The quantitative estimate of drug-likeness (QED) is 0.653. The van der Waals surface area contributed by atoms with E-state index in [4.69, 9.17) is 10.5 Å². The minimum atomic E-state index is -0.234. The number of aryl methyl sites for hydroxylation is 1. The number of nitrogen functional groups attached to an aromatic ring is 1. The zero-order valence-corrected chi connectivity index (χ0v) is 11.5. The molecule has 1 aliphatic heterocycles. The highest BCUT2D eigenvalue weighted by Gasteiger charge is 2.19. The molecule has 3 rings (SSSR count). The second-order valence-electron chi connectivity index (χ2n) is 4.91. The van der Waals surface area contributed by atoms with Gasteiger partial charge in [-0.05, 0) is 36.8 Å². The number of amides is 1. The molecule has 0 bridgehead atoms. The molecule has 1 aliphatic rings. The lowest BCUT2D eigenvalue weighted by Crippen LogP contribution is -2.25. The minimum Gasteiger partial charge on any atom is -0.482 e. The van der Waals surface area contributed by atoms with Crippen LogP contribution in [0, 0.1) is 6.92 Å². The van der Waals surface area contributed by atoms with Crippen LogP contribution in [0.4, 0.5) is 11.4 Å². The molecule has 0 aliphatic carbocycles. The number of ether oxygens (including phenoxy) is 1. The van der Waals surface area contributed by atoms with Gasteiger partial charge in [-0.2, -0.15) is 0 Å². The van der Waals surface area contributed by atoms with Crippen molar-refractivity contribution in [3.8, 4) is 5.75 Å². The van der Waals surface area contributed by atoms with Crippen molar-refractivity contribution in [3.63, 3.8) is 0 Å². The van der Waals surface area contributed by atoms with Gasteiger partial charge in [-0.3, -0.25) is 9.59 Å². The highest BCUT2D eigenvalue weighted by Crippen LogP contribution is 2.30. The van der Waals surface area contributed by atoms with Crippen LogP contribution in [0.1, 0.15) is 21.5 Å². The Balaban J connectivity index is 2.01. The van der Waals surface area contributed by atoms with Gasteiger partial charge < -0.3 is 15.8 Å². The van der Waals surface area contributed by atoms with Crippen molar-refractivity contribution in [1.29, 1.82) is 0 Å². The number of carbonyl (C=O) groups is 2. The number of carbonyl (C=O) groups excluding carboxylic acids is 2. The molecule has 0 fully saturated rings. The molecule has 5 nitrogen and oxygen atoms in total. The Morgan fingerprint density at radius 2 is 2.10 bits per heavy atom. The van der Waals surface area contributed by atoms with Crippen LogP contribution in [0.25, 0.3) is 0 Å². The number of fused-ring (bicyclic) bond motifs is 1. The van der Waals surface area contributed by atoms with Crippen molar-refractivity contribution < 1.29 is 14.3 Å². The van der Waals surface area contributed by atoms with Crippen LogP contribution in [0.3, 0.4) is 0 Å². The maximum absolute atomic E-state index is 12.6. The van der Waals surface area contributed by atoms with Crippen LogP contribution in [-0.4, -0.2) is 18.3 Å². The Labute approximate surface area is 121 Å². The van der Waals surface area contributed by atoms with E-state index in [-0.39, 0.29) is 18.3 Å². The summed E-state index contributed by atoms with van der Waals surface area (Å²) in [6.45, 7) is 1.85. The number of ketones is 1. The average molecular weight is 282 g/mol. The molecule has 0 aromatic heterocycles. The smallest absolute Gasteiger partial charge is 0.262 e. The average Bonchev–Trinajstić information content (AvgIpc) is 2.48. The molecule has 2 aromatic rings. The SMILES string of the molecule is Cc1cccc(C(=O)c2ccc3c(c2)NC(=O)CO3)c1N.